The Morgan fingerprint density at radius 3 is 2.62 bits per heavy atom. The minimum atomic E-state index is 0.121. The SMILES string of the molecule is C=C(N)N=CC1=C(N)c2ccccc2C(c2ccc(Cl)c(Cl)c2)C1. The average Bonchev–Trinajstić information content (AvgIpc) is 2.57. The van der Waals surface area contributed by atoms with E-state index in [9.17, 15) is 0 Å². The zero-order valence-corrected chi connectivity index (χ0v) is 14.5. The van der Waals surface area contributed by atoms with Crippen molar-refractivity contribution in [2.75, 3.05) is 0 Å². The van der Waals surface area contributed by atoms with E-state index >= 15 is 0 Å². The maximum absolute atomic E-state index is 6.34. The highest BCUT2D eigenvalue weighted by Crippen LogP contribution is 2.41. The lowest BCUT2D eigenvalue weighted by atomic mass is 9.78. The van der Waals surface area contributed by atoms with E-state index in [0.717, 1.165) is 22.3 Å². The predicted molar refractivity (Wildman–Crippen MR) is 102 cm³/mol. The fourth-order valence-corrected chi connectivity index (χ4v) is 3.28. The van der Waals surface area contributed by atoms with Crippen molar-refractivity contribution in [1.82, 2.24) is 0 Å². The Morgan fingerprint density at radius 1 is 1.17 bits per heavy atom. The number of benzene rings is 2. The van der Waals surface area contributed by atoms with Crippen molar-refractivity contribution >= 4 is 35.1 Å². The molecule has 0 aliphatic heterocycles. The molecule has 1 unspecified atom stereocenters. The molecule has 2 aromatic rings. The van der Waals surface area contributed by atoms with Crippen molar-refractivity contribution in [3.05, 3.63) is 87.2 Å². The van der Waals surface area contributed by atoms with E-state index in [-0.39, 0.29) is 11.7 Å². The third-order valence-electron chi connectivity index (χ3n) is 4.13. The third kappa shape index (κ3) is 3.18. The normalized spacial score (nSPS) is 17.2. The maximum Gasteiger partial charge on any atom is 0.116 e. The summed E-state index contributed by atoms with van der Waals surface area (Å²) in [6.07, 6.45) is 2.40. The minimum absolute atomic E-state index is 0.121. The molecule has 1 aliphatic carbocycles. The number of hydrogen-bond donors (Lipinski definition) is 2. The Kier molecular flexibility index (Phi) is 4.65. The molecule has 3 nitrogen and oxygen atoms in total. The molecule has 0 saturated heterocycles. The molecule has 0 bridgehead atoms. The van der Waals surface area contributed by atoms with E-state index in [4.69, 9.17) is 34.7 Å². The van der Waals surface area contributed by atoms with Crippen LogP contribution in [0.4, 0.5) is 0 Å². The van der Waals surface area contributed by atoms with Crippen LogP contribution in [0.25, 0.3) is 5.70 Å². The second-order valence-corrected chi connectivity index (χ2v) is 6.52. The Labute approximate surface area is 151 Å². The Hall–Kier alpha value is -2.23. The van der Waals surface area contributed by atoms with Gasteiger partial charge in [-0.15, -0.1) is 0 Å². The monoisotopic (exact) mass is 357 g/mol. The van der Waals surface area contributed by atoms with Crippen LogP contribution in [0.2, 0.25) is 10.0 Å². The van der Waals surface area contributed by atoms with Gasteiger partial charge in [-0.3, -0.25) is 0 Å². The molecule has 0 aromatic heterocycles. The molecule has 4 N–H and O–H groups in total. The summed E-state index contributed by atoms with van der Waals surface area (Å²) in [4.78, 5) is 4.10. The van der Waals surface area contributed by atoms with Crippen molar-refractivity contribution in [1.29, 1.82) is 0 Å². The van der Waals surface area contributed by atoms with Crippen molar-refractivity contribution in [3.8, 4) is 0 Å². The summed E-state index contributed by atoms with van der Waals surface area (Å²) in [5.41, 5.74) is 16.8. The van der Waals surface area contributed by atoms with E-state index < -0.39 is 0 Å². The van der Waals surface area contributed by atoms with Crippen LogP contribution < -0.4 is 11.5 Å². The average molecular weight is 358 g/mol. The quantitative estimate of drug-likeness (QED) is 0.781. The number of halogens is 2. The fraction of sp³-hybridized carbons (Fsp3) is 0.105. The van der Waals surface area contributed by atoms with Crippen molar-refractivity contribution in [2.24, 2.45) is 16.5 Å². The number of nitrogens with two attached hydrogens (primary N) is 2. The van der Waals surface area contributed by atoms with Gasteiger partial charge in [0.2, 0.25) is 0 Å². The van der Waals surface area contributed by atoms with Crippen LogP contribution in [0.15, 0.2) is 65.4 Å². The summed E-state index contributed by atoms with van der Waals surface area (Å²) in [6, 6.07) is 13.8. The number of fused-ring (bicyclic) bond motifs is 1. The standard InChI is InChI=1S/C19H17Cl2N3/c1-11(22)24-10-13-8-16(12-6-7-17(20)18(21)9-12)14-4-2-3-5-15(14)19(13)23/h2-7,9-10,16H,1,8,22-23H2. The summed E-state index contributed by atoms with van der Waals surface area (Å²) in [5, 5.41) is 1.08. The molecule has 0 heterocycles. The van der Waals surface area contributed by atoms with E-state index in [2.05, 4.69) is 17.6 Å². The Morgan fingerprint density at radius 2 is 1.92 bits per heavy atom. The molecule has 0 radical (unpaired) electrons. The van der Waals surface area contributed by atoms with Crippen LogP contribution in [0.5, 0.6) is 0 Å². The van der Waals surface area contributed by atoms with Gasteiger partial charge < -0.3 is 11.5 Å². The summed E-state index contributed by atoms with van der Waals surface area (Å²) < 4.78 is 0. The van der Waals surface area contributed by atoms with Crippen molar-refractivity contribution in [3.63, 3.8) is 0 Å². The van der Waals surface area contributed by atoms with Crippen LogP contribution in [-0.2, 0) is 0 Å². The van der Waals surface area contributed by atoms with Gasteiger partial charge in [-0.1, -0.05) is 60.1 Å². The van der Waals surface area contributed by atoms with Crippen LogP contribution >= 0.6 is 23.2 Å². The molecule has 122 valence electrons. The van der Waals surface area contributed by atoms with Gasteiger partial charge in [-0.25, -0.2) is 4.99 Å². The highest BCUT2D eigenvalue weighted by molar-refractivity contribution is 6.42. The summed E-state index contributed by atoms with van der Waals surface area (Å²) in [7, 11) is 0. The first-order valence-corrected chi connectivity index (χ1v) is 8.24. The number of aliphatic imine (C=N–C) groups is 1. The lowest BCUT2D eigenvalue weighted by molar-refractivity contribution is 0.799. The molecule has 0 amide bonds. The molecule has 0 fully saturated rings. The Balaban J connectivity index is 2.11. The number of allylic oxidation sites excluding steroid dienone is 1. The number of rotatable bonds is 3. The van der Waals surface area contributed by atoms with E-state index in [1.807, 2.05) is 36.4 Å². The zero-order valence-electron chi connectivity index (χ0n) is 13.0. The van der Waals surface area contributed by atoms with Gasteiger partial charge in [0.05, 0.1) is 10.0 Å². The second kappa shape index (κ2) is 6.71. The topological polar surface area (TPSA) is 64.4 Å². The maximum atomic E-state index is 6.34. The lowest BCUT2D eigenvalue weighted by Crippen LogP contribution is -2.17. The molecule has 0 spiro atoms. The smallest absolute Gasteiger partial charge is 0.116 e. The van der Waals surface area contributed by atoms with Crippen LogP contribution in [-0.4, -0.2) is 6.21 Å². The van der Waals surface area contributed by atoms with E-state index in [1.54, 1.807) is 6.21 Å². The summed E-state index contributed by atoms with van der Waals surface area (Å²) >= 11 is 12.3. The lowest BCUT2D eigenvalue weighted by Gasteiger charge is -2.28. The Bertz CT molecular complexity index is 869. The van der Waals surface area contributed by atoms with Crippen LogP contribution in [0.1, 0.15) is 29.0 Å². The zero-order chi connectivity index (χ0) is 17.3. The molecule has 24 heavy (non-hydrogen) atoms. The first kappa shape index (κ1) is 16.6. The summed E-state index contributed by atoms with van der Waals surface area (Å²) in [5.74, 6) is 0.371. The number of hydrogen-bond acceptors (Lipinski definition) is 3. The fourth-order valence-electron chi connectivity index (χ4n) is 2.97. The van der Waals surface area contributed by atoms with Crippen LogP contribution in [0, 0.1) is 0 Å². The largest absolute Gasteiger partial charge is 0.398 e. The molecule has 5 heteroatoms. The van der Waals surface area contributed by atoms with Gasteiger partial charge >= 0.3 is 0 Å². The van der Waals surface area contributed by atoms with Gasteiger partial charge in [0, 0.05) is 23.4 Å². The van der Waals surface area contributed by atoms with E-state index in [1.165, 1.54) is 0 Å². The first-order valence-electron chi connectivity index (χ1n) is 7.48. The third-order valence-corrected chi connectivity index (χ3v) is 4.87. The highest BCUT2D eigenvalue weighted by atomic mass is 35.5. The predicted octanol–water partition coefficient (Wildman–Crippen LogP) is 4.70. The van der Waals surface area contributed by atoms with E-state index in [0.29, 0.717) is 22.2 Å². The van der Waals surface area contributed by atoms with Gasteiger partial charge in [0.25, 0.3) is 0 Å². The van der Waals surface area contributed by atoms with Crippen molar-refractivity contribution < 1.29 is 0 Å². The molecule has 1 aliphatic rings. The molecular formula is C19H17Cl2N3. The van der Waals surface area contributed by atoms with Crippen LogP contribution in [0.3, 0.4) is 0 Å². The van der Waals surface area contributed by atoms with Crippen molar-refractivity contribution in [2.45, 2.75) is 12.3 Å². The molecular weight excluding hydrogens is 341 g/mol. The molecule has 0 saturated carbocycles. The van der Waals surface area contributed by atoms with Gasteiger partial charge in [-0.2, -0.15) is 0 Å². The minimum Gasteiger partial charge on any atom is -0.398 e. The molecule has 3 rings (SSSR count). The number of nitrogens with zero attached hydrogens (tertiary/aromatic N) is 1. The van der Waals surface area contributed by atoms with Gasteiger partial charge in [-0.05, 0) is 35.3 Å². The molecule has 2 aromatic carbocycles. The summed E-state index contributed by atoms with van der Waals surface area (Å²) in [6.45, 7) is 3.59. The van der Waals surface area contributed by atoms with Gasteiger partial charge in [0.15, 0.2) is 0 Å². The van der Waals surface area contributed by atoms with Gasteiger partial charge in [0.1, 0.15) is 5.82 Å². The first-order chi connectivity index (χ1) is 11.5. The highest BCUT2D eigenvalue weighted by Gasteiger charge is 2.26. The second-order valence-electron chi connectivity index (χ2n) is 5.71. The molecule has 1 atom stereocenters.